The first kappa shape index (κ1) is 42.3. The predicted octanol–water partition coefficient (Wildman–Crippen LogP) is 6.12. The molecule has 3 aromatic carbocycles. The summed E-state index contributed by atoms with van der Waals surface area (Å²) in [4.78, 5) is 40.8. The second-order valence-electron chi connectivity index (χ2n) is 17.3. The fourth-order valence-corrected chi connectivity index (χ4v) is 11.1. The molecule has 1 aliphatic carbocycles. The highest BCUT2D eigenvalue weighted by atomic mass is 79.9. The minimum absolute atomic E-state index is 0.197. The lowest BCUT2D eigenvalue weighted by Crippen LogP contribution is -2.57. The van der Waals surface area contributed by atoms with Crippen LogP contribution in [0.2, 0.25) is 0 Å². The van der Waals surface area contributed by atoms with Gasteiger partial charge in [0.2, 0.25) is 27.8 Å². The summed E-state index contributed by atoms with van der Waals surface area (Å²) in [5, 5.41) is 12.4. The second kappa shape index (κ2) is 17.7. The fraction of sp³-hybridized carbons (Fsp3) is 0.467. The number of nitrogens with zero attached hydrogens (tertiary/aromatic N) is 6. The first-order valence-corrected chi connectivity index (χ1v) is 24.3. The van der Waals surface area contributed by atoms with Crippen LogP contribution in [0.25, 0.3) is 0 Å². The molecule has 1 saturated carbocycles. The molecule has 1 unspecified atom stereocenters. The summed E-state index contributed by atoms with van der Waals surface area (Å²) in [6, 6.07) is 19.3. The number of aromatic nitrogens is 2. The normalized spacial score (nSPS) is 22.5. The zero-order valence-electron chi connectivity index (χ0n) is 35.5. The number of fused-ring (bicyclic) bond motifs is 1. The van der Waals surface area contributed by atoms with Gasteiger partial charge in [-0.2, -0.15) is 4.98 Å². The molecule has 4 aliphatic heterocycles. The lowest BCUT2D eigenvalue weighted by molar-refractivity contribution is -0.133. The number of anilines is 7. The predicted molar refractivity (Wildman–Crippen MR) is 247 cm³/mol. The number of benzene rings is 3. The van der Waals surface area contributed by atoms with Gasteiger partial charge in [-0.15, -0.1) is 0 Å². The zero-order valence-corrected chi connectivity index (χ0v) is 37.9. The van der Waals surface area contributed by atoms with Gasteiger partial charge in [0.25, 0.3) is 0 Å². The summed E-state index contributed by atoms with van der Waals surface area (Å²) in [5.41, 5.74) is 7.62. The molecule has 1 aromatic heterocycles. The molecular weight excluding hydrogens is 873 g/mol. The maximum absolute atomic E-state index is 12.6. The number of rotatable bonds is 12. The summed E-state index contributed by atoms with van der Waals surface area (Å²) < 4.78 is 33.1. The third kappa shape index (κ3) is 8.94. The Morgan fingerprint density at radius 1 is 0.855 bits per heavy atom. The first-order chi connectivity index (χ1) is 29.9. The van der Waals surface area contributed by atoms with E-state index in [0.717, 1.165) is 74.6 Å². The molecule has 5 heterocycles. The minimum atomic E-state index is -3.44. The van der Waals surface area contributed by atoms with Crippen molar-refractivity contribution in [2.24, 2.45) is 0 Å². The molecule has 4 N–H and O–H groups in total. The minimum Gasteiger partial charge on any atom is -0.494 e. The van der Waals surface area contributed by atoms with Crippen LogP contribution in [-0.4, -0.2) is 117 Å². The van der Waals surface area contributed by atoms with E-state index >= 15 is 0 Å². The third-order valence-electron chi connectivity index (χ3n) is 13.4. The number of methoxy groups -OCH3 is 1. The van der Waals surface area contributed by atoms with E-state index < -0.39 is 10.0 Å². The van der Waals surface area contributed by atoms with Crippen LogP contribution < -0.4 is 35.2 Å². The van der Waals surface area contributed by atoms with Gasteiger partial charge in [0.05, 0.1) is 34.9 Å². The number of halogens is 1. The number of hydrogen-bond acceptors (Lipinski definition) is 13. The van der Waals surface area contributed by atoms with Crippen molar-refractivity contribution in [3.8, 4) is 5.75 Å². The van der Waals surface area contributed by atoms with Crippen molar-refractivity contribution in [3.05, 3.63) is 82.0 Å². The standard InChI is InChI=1S/C45H55BrN10O5S/c1-28-23-38(50-45-47-27-35(46)43(52-45)49-36-6-4-5-30-13-18-56(42(30)36)62(3,59)60)40(61-2)26-39(28)55-16-14-33(15-17-55)53-19-21-54(22-20-53)34-24-31(25-34)29-7-9-32(10-8-29)48-37-11-12-41(57)51-44(37)58/h4-10,23,26-27,31,33-34,37,48H,11-22,24-25H2,1-3H3,(H,51,57,58)(H2,47,49,50,52). The van der Waals surface area contributed by atoms with E-state index in [4.69, 9.17) is 9.72 Å². The first-order valence-electron chi connectivity index (χ1n) is 21.7. The number of aryl methyl sites for hydroxylation is 1. The molecule has 17 heteroatoms. The number of hydrogen-bond donors (Lipinski definition) is 4. The second-order valence-corrected chi connectivity index (χ2v) is 20.0. The molecule has 3 saturated heterocycles. The maximum Gasteiger partial charge on any atom is 0.249 e. The molecule has 328 valence electrons. The SMILES string of the molecule is COc1cc(N2CCC(N3CCN(C4CC(c5ccc(NC6CCC(=O)NC6=O)cc5)C4)CC3)CC2)c(C)cc1Nc1ncc(Br)c(Nc2cccc3c2N(S(C)(=O)=O)CC3)n1. The molecule has 15 nitrogen and oxygen atoms in total. The molecule has 9 rings (SSSR count). The van der Waals surface area contributed by atoms with Gasteiger partial charge in [0.1, 0.15) is 17.6 Å². The topological polar surface area (TPSA) is 164 Å². The van der Waals surface area contributed by atoms with Crippen LogP contribution >= 0.6 is 15.9 Å². The monoisotopic (exact) mass is 926 g/mol. The third-order valence-corrected chi connectivity index (χ3v) is 15.1. The molecule has 62 heavy (non-hydrogen) atoms. The van der Waals surface area contributed by atoms with E-state index in [2.05, 4.69) is 100 Å². The summed E-state index contributed by atoms with van der Waals surface area (Å²) in [5.74, 6) is 1.71. The summed E-state index contributed by atoms with van der Waals surface area (Å²) >= 11 is 3.57. The number of nitrogens with one attached hydrogen (secondary N) is 4. The van der Waals surface area contributed by atoms with Crippen molar-refractivity contribution in [1.29, 1.82) is 0 Å². The van der Waals surface area contributed by atoms with E-state index in [1.807, 2.05) is 18.2 Å². The van der Waals surface area contributed by atoms with E-state index in [0.29, 0.717) is 77.2 Å². The average molecular weight is 928 g/mol. The quantitative estimate of drug-likeness (QED) is 0.120. The Labute approximate surface area is 372 Å². The van der Waals surface area contributed by atoms with Gasteiger partial charge in [-0.1, -0.05) is 24.3 Å². The van der Waals surface area contributed by atoms with Gasteiger partial charge in [-0.3, -0.25) is 29.0 Å². The van der Waals surface area contributed by atoms with Gasteiger partial charge in [-0.05, 0) is 108 Å². The number of piperidine rings is 2. The van der Waals surface area contributed by atoms with Gasteiger partial charge in [-0.25, -0.2) is 13.4 Å². The molecule has 0 spiro atoms. The van der Waals surface area contributed by atoms with Gasteiger partial charge in [0, 0.05) is 88.0 Å². The van der Waals surface area contributed by atoms with Crippen LogP contribution in [0.5, 0.6) is 5.75 Å². The maximum atomic E-state index is 12.6. The largest absolute Gasteiger partial charge is 0.494 e. The highest BCUT2D eigenvalue weighted by Gasteiger charge is 2.37. The Morgan fingerprint density at radius 2 is 1.58 bits per heavy atom. The van der Waals surface area contributed by atoms with Crippen LogP contribution in [0.15, 0.2) is 65.3 Å². The number of amides is 2. The van der Waals surface area contributed by atoms with Crippen LogP contribution in [0.4, 0.5) is 40.2 Å². The van der Waals surface area contributed by atoms with Crippen LogP contribution in [0.3, 0.4) is 0 Å². The Balaban J connectivity index is 0.756. The van der Waals surface area contributed by atoms with E-state index in [9.17, 15) is 18.0 Å². The number of carbonyl (C=O) groups is 2. The van der Waals surface area contributed by atoms with E-state index in [1.54, 1.807) is 13.3 Å². The Morgan fingerprint density at radius 3 is 2.27 bits per heavy atom. The Hall–Kier alpha value is -4.97. The molecule has 4 aromatic rings. The number of carbonyl (C=O) groups excluding carboxylic acids is 2. The summed E-state index contributed by atoms with van der Waals surface area (Å²) in [7, 11) is -1.76. The lowest BCUT2D eigenvalue weighted by Gasteiger charge is -2.49. The van der Waals surface area contributed by atoms with Crippen molar-refractivity contribution in [2.75, 3.05) is 84.3 Å². The van der Waals surface area contributed by atoms with Crippen molar-refractivity contribution in [3.63, 3.8) is 0 Å². The van der Waals surface area contributed by atoms with Gasteiger partial charge in [0.15, 0.2) is 0 Å². The van der Waals surface area contributed by atoms with Crippen LogP contribution in [0.1, 0.15) is 61.1 Å². The van der Waals surface area contributed by atoms with Crippen molar-refractivity contribution < 1.29 is 22.7 Å². The van der Waals surface area contributed by atoms with Crippen molar-refractivity contribution in [1.82, 2.24) is 25.1 Å². The fourth-order valence-electron chi connectivity index (χ4n) is 9.88. The average Bonchev–Trinajstić information content (AvgIpc) is 3.70. The molecule has 5 aliphatic rings. The number of ether oxygens (including phenoxy) is 1. The molecule has 1 atom stereocenters. The summed E-state index contributed by atoms with van der Waals surface area (Å²) in [6.07, 6.45) is 9.07. The van der Waals surface area contributed by atoms with Crippen LogP contribution in [0, 0.1) is 6.92 Å². The number of imide groups is 1. The highest BCUT2D eigenvalue weighted by Crippen LogP contribution is 2.42. The number of piperazine rings is 1. The van der Waals surface area contributed by atoms with E-state index in [1.165, 1.54) is 34.7 Å². The molecule has 0 radical (unpaired) electrons. The lowest BCUT2D eigenvalue weighted by atomic mass is 9.75. The molecule has 2 amide bonds. The van der Waals surface area contributed by atoms with Crippen LogP contribution in [-0.2, 0) is 26.0 Å². The summed E-state index contributed by atoms with van der Waals surface area (Å²) in [6.45, 7) is 8.97. The highest BCUT2D eigenvalue weighted by molar-refractivity contribution is 9.10. The molecular formula is C45H55BrN10O5S. The van der Waals surface area contributed by atoms with Gasteiger partial charge >= 0.3 is 0 Å². The van der Waals surface area contributed by atoms with E-state index in [-0.39, 0.29) is 17.9 Å². The van der Waals surface area contributed by atoms with Gasteiger partial charge < -0.3 is 25.6 Å². The Bertz CT molecular complexity index is 2430. The number of para-hydroxylation sites is 1. The molecule has 0 bridgehead atoms. The van der Waals surface area contributed by atoms with Crippen molar-refractivity contribution >= 4 is 78.0 Å². The number of sulfonamides is 1. The molecule has 4 fully saturated rings. The smallest absolute Gasteiger partial charge is 0.249 e. The van der Waals surface area contributed by atoms with Crippen molar-refractivity contribution in [2.45, 2.75) is 75.9 Å². The zero-order chi connectivity index (χ0) is 43.1. The Kier molecular flexibility index (Phi) is 12.1.